The first kappa shape index (κ1) is 19.4. The summed E-state index contributed by atoms with van der Waals surface area (Å²) in [6.45, 7) is 4.49. The molecule has 2 aromatic rings. The van der Waals surface area contributed by atoms with E-state index in [1.807, 2.05) is 0 Å². The number of hydrogen-bond acceptors (Lipinski definition) is 0. The van der Waals surface area contributed by atoms with Crippen LogP contribution in [0, 0.1) is 0 Å². The third-order valence-corrected chi connectivity index (χ3v) is 4.99. The number of allylic oxidation sites excluding steroid dienone is 1. The standard InChI is InChI=1S/C23H28.Zr/c1-3-5-6-7-9-19-16-21-10-8-11-22(23(21)17-19)20-14-12-18(4-2)13-15-20;/h8,10-15,17H,3-7,9,16H2,1-2H3;. The molecule has 0 N–H and O–H groups in total. The van der Waals surface area contributed by atoms with Crippen LogP contribution in [0.3, 0.4) is 0 Å². The van der Waals surface area contributed by atoms with Gasteiger partial charge in [-0.15, -0.1) is 0 Å². The maximum atomic E-state index is 2.46. The first-order valence-corrected chi connectivity index (χ1v) is 9.22. The molecule has 1 heteroatoms. The summed E-state index contributed by atoms with van der Waals surface area (Å²) >= 11 is 0. The van der Waals surface area contributed by atoms with Crippen molar-refractivity contribution in [1.29, 1.82) is 0 Å². The Kier molecular flexibility index (Phi) is 7.69. The van der Waals surface area contributed by atoms with Crippen molar-refractivity contribution in [2.45, 2.75) is 58.8 Å². The van der Waals surface area contributed by atoms with Crippen LogP contribution in [0.25, 0.3) is 17.2 Å². The summed E-state index contributed by atoms with van der Waals surface area (Å²) in [6.07, 6.45) is 11.4. The van der Waals surface area contributed by atoms with E-state index in [-0.39, 0.29) is 26.2 Å². The summed E-state index contributed by atoms with van der Waals surface area (Å²) in [5, 5.41) is 0. The van der Waals surface area contributed by atoms with Crippen molar-refractivity contribution >= 4 is 6.08 Å². The summed E-state index contributed by atoms with van der Waals surface area (Å²) in [7, 11) is 0. The Morgan fingerprint density at radius 3 is 2.38 bits per heavy atom. The molecule has 1 aliphatic carbocycles. The molecule has 3 rings (SSSR count). The Hall–Kier alpha value is -0.937. The Morgan fingerprint density at radius 2 is 1.67 bits per heavy atom. The topological polar surface area (TPSA) is 0 Å². The minimum atomic E-state index is 0. The van der Waals surface area contributed by atoms with Gasteiger partial charge in [0.2, 0.25) is 0 Å². The molecule has 0 atom stereocenters. The molecule has 0 radical (unpaired) electrons. The van der Waals surface area contributed by atoms with Gasteiger partial charge in [0.1, 0.15) is 0 Å². The first-order valence-electron chi connectivity index (χ1n) is 9.22. The van der Waals surface area contributed by atoms with E-state index in [9.17, 15) is 0 Å². The second kappa shape index (κ2) is 9.52. The second-order valence-corrected chi connectivity index (χ2v) is 6.72. The van der Waals surface area contributed by atoms with Crippen LogP contribution in [0.1, 0.15) is 62.6 Å². The molecule has 2 aromatic carbocycles. The maximum absolute atomic E-state index is 2.46. The van der Waals surface area contributed by atoms with E-state index >= 15 is 0 Å². The molecule has 0 unspecified atom stereocenters. The van der Waals surface area contributed by atoms with Gasteiger partial charge in [-0.3, -0.25) is 0 Å². The molecule has 0 spiro atoms. The zero-order chi connectivity index (χ0) is 16.1. The number of fused-ring (bicyclic) bond motifs is 1. The molecule has 124 valence electrons. The van der Waals surface area contributed by atoms with Crippen molar-refractivity contribution in [3.63, 3.8) is 0 Å². The monoisotopic (exact) mass is 394 g/mol. The number of unbranched alkanes of at least 4 members (excludes halogenated alkanes) is 3. The molecule has 0 amide bonds. The third-order valence-electron chi connectivity index (χ3n) is 4.99. The van der Waals surface area contributed by atoms with Crippen molar-refractivity contribution in [3.05, 3.63) is 64.7 Å². The zero-order valence-corrected chi connectivity index (χ0v) is 17.5. The average Bonchev–Trinajstić information content (AvgIpc) is 3.02. The van der Waals surface area contributed by atoms with Gasteiger partial charge in [0.15, 0.2) is 0 Å². The number of benzene rings is 2. The fourth-order valence-electron chi connectivity index (χ4n) is 3.55. The summed E-state index contributed by atoms with van der Waals surface area (Å²) < 4.78 is 0. The summed E-state index contributed by atoms with van der Waals surface area (Å²) in [6, 6.07) is 15.9. The van der Waals surface area contributed by atoms with Crippen LogP contribution in [0.15, 0.2) is 48.0 Å². The normalized spacial score (nSPS) is 12.5. The van der Waals surface area contributed by atoms with E-state index in [2.05, 4.69) is 62.4 Å². The summed E-state index contributed by atoms with van der Waals surface area (Å²) in [5.74, 6) is 0. The Labute approximate surface area is 166 Å². The van der Waals surface area contributed by atoms with E-state index in [1.54, 1.807) is 5.57 Å². The number of hydrogen-bond donors (Lipinski definition) is 0. The molecule has 0 saturated heterocycles. The molecule has 0 heterocycles. The van der Waals surface area contributed by atoms with Crippen LogP contribution >= 0.6 is 0 Å². The smallest absolute Gasteiger partial charge is 0 e. The fourth-order valence-corrected chi connectivity index (χ4v) is 3.55. The molecule has 0 nitrogen and oxygen atoms in total. The Morgan fingerprint density at radius 1 is 0.875 bits per heavy atom. The van der Waals surface area contributed by atoms with Gasteiger partial charge in [0.25, 0.3) is 0 Å². The molecule has 1 aliphatic rings. The largest absolute Gasteiger partial charge is 0.0654 e. The van der Waals surface area contributed by atoms with Crippen LogP contribution in [-0.4, -0.2) is 0 Å². The zero-order valence-electron chi connectivity index (χ0n) is 15.1. The van der Waals surface area contributed by atoms with Crippen molar-refractivity contribution in [2.24, 2.45) is 0 Å². The predicted octanol–water partition coefficient (Wildman–Crippen LogP) is 6.82. The van der Waals surface area contributed by atoms with Gasteiger partial charge in [-0.25, -0.2) is 0 Å². The van der Waals surface area contributed by atoms with Gasteiger partial charge in [-0.1, -0.05) is 87.2 Å². The molecule has 0 aliphatic heterocycles. The van der Waals surface area contributed by atoms with Crippen LogP contribution in [0.4, 0.5) is 0 Å². The van der Waals surface area contributed by atoms with Gasteiger partial charge >= 0.3 is 0 Å². The average molecular weight is 396 g/mol. The molecule has 24 heavy (non-hydrogen) atoms. The van der Waals surface area contributed by atoms with Crippen LogP contribution in [0.5, 0.6) is 0 Å². The minimum absolute atomic E-state index is 0. The van der Waals surface area contributed by atoms with Crippen LogP contribution < -0.4 is 0 Å². The van der Waals surface area contributed by atoms with Gasteiger partial charge < -0.3 is 0 Å². The molecule has 0 aromatic heterocycles. The summed E-state index contributed by atoms with van der Waals surface area (Å²) in [4.78, 5) is 0. The van der Waals surface area contributed by atoms with E-state index in [0.717, 1.165) is 12.8 Å². The van der Waals surface area contributed by atoms with Crippen molar-refractivity contribution in [2.75, 3.05) is 0 Å². The fraction of sp³-hybridized carbons (Fsp3) is 0.391. The van der Waals surface area contributed by atoms with Gasteiger partial charge in [-0.05, 0) is 53.5 Å². The van der Waals surface area contributed by atoms with Crippen molar-refractivity contribution < 1.29 is 26.2 Å². The molecule has 0 bridgehead atoms. The van der Waals surface area contributed by atoms with E-state index in [0.29, 0.717) is 0 Å². The van der Waals surface area contributed by atoms with Gasteiger partial charge in [-0.2, -0.15) is 0 Å². The second-order valence-electron chi connectivity index (χ2n) is 6.72. The van der Waals surface area contributed by atoms with Crippen LogP contribution in [0.2, 0.25) is 0 Å². The quantitative estimate of drug-likeness (QED) is 0.451. The minimum Gasteiger partial charge on any atom is -0.0654 e. The van der Waals surface area contributed by atoms with Crippen molar-refractivity contribution in [3.8, 4) is 11.1 Å². The van der Waals surface area contributed by atoms with Crippen LogP contribution in [-0.2, 0) is 39.0 Å². The summed E-state index contributed by atoms with van der Waals surface area (Å²) in [5.41, 5.74) is 8.74. The molecule has 0 saturated carbocycles. The maximum Gasteiger partial charge on any atom is 0 e. The Bertz CT molecular complexity index is 680. The third kappa shape index (κ3) is 4.57. The first-order chi connectivity index (χ1) is 11.3. The molecular weight excluding hydrogens is 367 g/mol. The van der Waals surface area contributed by atoms with Crippen molar-refractivity contribution in [1.82, 2.24) is 0 Å². The Balaban J connectivity index is 0.00000208. The number of rotatable bonds is 7. The van der Waals surface area contributed by atoms with E-state index < -0.39 is 0 Å². The van der Waals surface area contributed by atoms with Gasteiger partial charge in [0.05, 0.1) is 0 Å². The molecular formula is C23H28Zr. The molecule has 0 fully saturated rings. The van der Waals surface area contributed by atoms with E-state index in [1.165, 1.54) is 59.9 Å². The predicted molar refractivity (Wildman–Crippen MR) is 102 cm³/mol. The SMILES string of the molecule is CCCCCCC1=Cc2c(cccc2-c2ccc(CC)cc2)C1.[Zr]. The number of aryl methyl sites for hydroxylation is 1. The van der Waals surface area contributed by atoms with E-state index in [4.69, 9.17) is 0 Å². The van der Waals surface area contributed by atoms with Gasteiger partial charge in [0, 0.05) is 26.2 Å².